The lowest BCUT2D eigenvalue weighted by molar-refractivity contribution is 0.0960. The first kappa shape index (κ1) is 11.7. The van der Waals surface area contributed by atoms with Gasteiger partial charge in [0, 0.05) is 12.0 Å². The lowest BCUT2D eigenvalue weighted by Gasteiger charge is -2.20. The average Bonchev–Trinajstić information content (AvgIpc) is 2.67. The van der Waals surface area contributed by atoms with Gasteiger partial charge in [-0.2, -0.15) is 0 Å². The number of halogens is 1. The van der Waals surface area contributed by atoms with Crippen molar-refractivity contribution in [2.75, 3.05) is 0 Å². The largest absolute Gasteiger partial charge is 0.292 e. The monoisotopic (exact) mass is 300 g/mol. The Kier molecular flexibility index (Phi) is 2.63. The lowest BCUT2D eigenvalue weighted by Crippen LogP contribution is -2.25. The number of fused-ring (bicyclic) bond motifs is 1. The van der Waals surface area contributed by atoms with Gasteiger partial charge in [0.2, 0.25) is 0 Å². The van der Waals surface area contributed by atoms with E-state index in [0.717, 1.165) is 17.5 Å². The first-order chi connectivity index (χ1) is 8.63. The van der Waals surface area contributed by atoms with Crippen molar-refractivity contribution in [2.45, 2.75) is 17.7 Å². The van der Waals surface area contributed by atoms with Crippen molar-refractivity contribution in [3.05, 3.63) is 70.8 Å². The molecule has 2 aromatic carbocycles. The van der Waals surface area contributed by atoms with Gasteiger partial charge in [-0.25, -0.2) is 0 Å². The Morgan fingerprint density at radius 1 is 1.06 bits per heavy atom. The molecule has 0 aromatic heterocycles. The molecule has 2 heteroatoms. The van der Waals surface area contributed by atoms with Crippen LogP contribution in [0.1, 0.15) is 27.0 Å². The zero-order valence-electron chi connectivity index (χ0n) is 10.1. The second kappa shape index (κ2) is 4.06. The second-order valence-corrected chi connectivity index (χ2v) is 6.13. The number of rotatable bonds is 1. The van der Waals surface area contributed by atoms with E-state index in [-0.39, 0.29) is 5.78 Å². The zero-order chi connectivity index (χ0) is 12.8. The van der Waals surface area contributed by atoms with E-state index < -0.39 is 4.32 Å². The van der Waals surface area contributed by atoms with Crippen LogP contribution in [-0.2, 0) is 10.7 Å². The van der Waals surface area contributed by atoms with Crippen molar-refractivity contribution in [1.29, 1.82) is 0 Å². The zero-order valence-corrected chi connectivity index (χ0v) is 11.7. The first-order valence-corrected chi connectivity index (χ1v) is 6.80. The fourth-order valence-electron chi connectivity index (χ4n) is 2.62. The van der Waals surface area contributed by atoms with Crippen LogP contribution in [0, 0.1) is 6.92 Å². The van der Waals surface area contributed by atoms with Crippen LogP contribution in [0.15, 0.2) is 48.5 Å². The number of hydrogen-bond donors (Lipinski definition) is 0. The molecule has 0 spiro atoms. The molecule has 90 valence electrons. The van der Waals surface area contributed by atoms with Crippen molar-refractivity contribution < 1.29 is 4.79 Å². The van der Waals surface area contributed by atoms with E-state index in [2.05, 4.69) is 28.9 Å². The molecule has 0 amide bonds. The highest BCUT2D eigenvalue weighted by atomic mass is 79.9. The fourth-order valence-corrected chi connectivity index (χ4v) is 3.38. The number of hydrogen-bond acceptors (Lipinski definition) is 1. The van der Waals surface area contributed by atoms with Crippen LogP contribution in [0.5, 0.6) is 0 Å². The number of alkyl halides is 1. The van der Waals surface area contributed by atoms with Gasteiger partial charge in [-0.3, -0.25) is 4.79 Å². The number of benzene rings is 2. The first-order valence-electron chi connectivity index (χ1n) is 6.00. The highest BCUT2D eigenvalue weighted by Crippen LogP contribution is 2.45. The van der Waals surface area contributed by atoms with Gasteiger partial charge in [-0.1, -0.05) is 64.5 Å². The van der Waals surface area contributed by atoms with Gasteiger partial charge in [0.05, 0.1) is 0 Å². The Morgan fingerprint density at radius 2 is 1.78 bits per heavy atom. The number of carbonyl (C=O) groups excluding carboxylic acids is 1. The van der Waals surface area contributed by atoms with Gasteiger partial charge in [-0.05, 0) is 23.6 Å². The van der Waals surface area contributed by atoms with Gasteiger partial charge in [0.1, 0.15) is 4.32 Å². The minimum absolute atomic E-state index is 0.174. The molecule has 0 saturated carbocycles. The molecule has 18 heavy (non-hydrogen) atoms. The Morgan fingerprint density at radius 3 is 2.44 bits per heavy atom. The van der Waals surface area contributed by atoms with Crippen LogP contribution in [0.4, 0.5) is 0 Å². The van der Waals surface area contributed by atoms with E-state index in [4.69, 9.17) is 0 Å². The molecule has 1 aliphatic rings. The summed E-state index contributed by atoms with van der Waals surface area (Å²) in [4.78, 5) is 12.6. The third-order valence-corrected chi connectivity index (χ3v) is 4.76. The van der Waals surface area contributed by atoms with Crippen molar-refractivity contribution >= 4 is 21.7 Å². The Labute approximate surface area is 115 Å². The molecular weight excluding hydrogens is 288 g/mol. The number of aryl methyl sites for hydroxylation is 1. The Hall–Kier alpha value is -1.41. The molecule has 0 radical (unpaired) electrons. The maximum absolute atomic E-state index is 12.6. The van der Waals surface area contributed by atoms with E-state index in [9.17, 15) is 4.79 Å². The second-order valence-electron chi connectivity index (χ2n) is 4.77. The lowest BCUT2D eigenvalue weighted by atomic mass is 9.95. The molecule has 0 aliphatic heterocycles. The minimum Gasteiger partial charge on any atom is -0.292 e. The van der Waals surface area contributed by atoms with Crippen LogP contribution >= 0.6 is 15.9 Å². The summed E-state index contributed by atoms with van der Waals surface area (Å²) in [6.07, 6.45) is 0.734. The van der Waals surface area contributed by atoms with Crippen molar-refractivity contribution in [3.8, 4) is 0 Å². The molecule has 0 heterocycles. The van der Waals surface area contributed by atoms with Crippen LogP contribution in [-0.4, -0.2) is 5.78 Å². The highest BCUT2D eigenvalue weighted by molar-refractivity contribution is 9.10. The third-order valence-electron chi connectivity index (χ3n) is 3.67. The molecule has 0 saturated heterocycles. The molecule has 0 N–H and O–H groups in total. The number of ketones is 1. The van der Waals surface area contributed by atoms with Gasteiger partial charge in [-0.15, -0.1) is 0 Å². The molecule has 3 rings (SSSR count). The summed E-state index contributed by atoms with van der Waals surface area (Å²) >= 11 is 3.68. The average molecular weight is 301 g/mol. The van der Waals surface area contributed by atoms with Crippen molar-refractivity contribution in [1.82, 2.24) is 0 Å². The van der Waals surface area contributed by atoms with E-state index in [1.54, 1.807) is 0 Å². The minimum atomic E-state index is -0.581. The van der Waals surface area contributed by atoms with Crippen LogP contribution in [0.2, 0.25) is 0 Å². The summed E-state index contributed by atoms with van der Waals surface area (Å²) in [6.45, 7) is 2.07. The Balaban J connectivity index is 2.15. The molecule has 0 fully saturated rings. The maximum atomic E-state index is 12.6. The molecule has 1 atom stereocenters. The molecule has 1 aliphatic carbocycles. The normalized spacial score (nSPS) is 22.0. The number of Topliss-reactive ketones (excluding diaryl/α,β-unsaturated/α-hetero) is 1. The molecular formula is C16H13BrO. The summed E-state index contributed by atoms with van der Waals surface area (Å²) in [5.41, 5.74) is 4.25. The molecule has 2 aromatic rings. The van der Waals surface area contributed by atoms with Gasteiger partial charge in [0.15, 0.2) is 5.78 Å². The maximum Gasteiger partial charge on any atom is 0.184 e. The summed E-state index contributed by atoms with van der Waals surface area (Å²) in [6, 6.07) is 15.9. The quantitative estimate of drug-likeness (QED) is 0.727. The van der Waals surface area contributed by atoms with E-state index in [0.29, 0.717) is 0 Å². The van der Waals surface area contributed by atoms with Gasteiger partial charge >= 0.3 is 0 Å². The molecule has 1 nitrogen and oxygen atoms in total. The topological polar surface area (TPSA) is 17.1 Å². The van der Waals surface area contributed by atoms with Gasteiger partial charge in [0.25, 0.3) is 0 Å². The van der Waals surface area contributed by atoms with Crippen LogP contribution in [0.25, 0.3) is 0 Å². The predicted molar refractivity (Wildman–Crippen MR) is 76.3 cm³/mol. The summed E-state index contributed by atoms with van der Waals surface area (Å²) in [7, 11) is 0. The van der Waals surface area contributed by atoms with Crippen LogP contribution < -0.4 is 0 Å². The smallest absolute Gasteiger partial charge is 0.184 e. The van der Waals surface area contributed by atoms with E-state index in [1.165, 1.54) is 11.1 Å². The summed E-state index contributed by atoms with van der Waals surface area (Å²) in [5.74, 6) is 0.174. The summed E-state index contributed by atoms with van der Waals surface area (Å²) < 4.78 is -0.581. The van der Waals surface area contributed by atoms with Crippen LogP contribution in [0.3, 0.4) is 0 Å². The van der Waals surface area contributed by atoms with Gasteiger partial charge < -0.3 is 0 Å². The molecule has 0 bridgehead atoms. The standard InChI is InChI=1S/C16H13BrO/c1-11-6-5-9-13-14(11)10-16(17,15(13)18)12-7-3-2-4-8-12/h2-9H,10H2,1H3. The highest BCUT2D eigenvalue weighted by Gasteiger charge is 2.45. The van der Waals surface area contributed by atoms with E-state index >= 15 is 0 Å². The van der Waals surface area contributed by atoms with E-state index in [1.807, 2.05) is 42.5 Å². The Bertz CT molecular complexity index is 618. The predicted octanol–water partition coefficient (Wildman–Crippen LogP) is 4.02. The summed E-state index contributed by atoms with van der Waals surface area (Å²) in [5, 5.41) is 0. The van der Waals surface area contributed by atoms with Crippen molar-refractivity contribution in [2.24, 2.45) is 0 Å². The molecule has 1 unspecified atom stereocenters. The third kappa shape index (κ3) is 1.56. The number of carbonyl (C=O) groups is 1. The SMILES string of the molecule is Cc1cccc2c1CC(Br)(c1ccccc1)C2=O. The fraction of sp³-hybridized carbons (Fsp3) is 0.188. The van der Waals surface area contributed by atoms with Crippen molar-refractivity contribution in [3.63, 3.8) is 0 Å².